The lowest BCUT2D eigenvalue weighted by atomic mass is 9.82. The van der Waals surface area contributed by atoms with Gasteiger partial charge < -0.3 is 4.81 Å². The second kappa shape index (κ2) is 4.63. The predicted molar refractivity (Wildman–Crippen MR) is 65.7 cm³/mol. The van der Waals surface area contributed by atoms with Crippen LogP contribution in [0.1, 0.15) is 0 Å². The topological polar surface area (TPSA) is 3.24 Å². The van der Waals surface area contributed by atoms with Gasteiger partial charge in [0.15, 0.2) is 0 Å². The fourth-order valence-corrected chi connectivity index (χ4v) is 3.15. The van der Waals surface area contributed by atoms with E-state index in [1.54, 1.807) is 0 Å². The number of hydrogen-bond donors (Lipinski definition) is 0. The Kier molecular flexibility index (Phi) is 4.81. The quantitative estimate of drug-likeness (QED) is 0.691. The highest BCUT2D eigenvalue weighted by Crippen LogP contribution is 2.20. The monoisotopic (exact) mass is 247 g/mol. The summed E-state index contributed by atoms with van der Waals surface area (Å²) in [5.74, 6) is 0. The smallest absolute Gasteiger partial charge is 0.330 e. The van der Waals surface area contributed by atoms with Crippen molar-refractivity contribution < 1.29 is 0 Å². The Balaban J connectivity index is 4.05. The van der Waals surface area contributed by atoms with Crippen LogP contribution in [0.3, 0.4) is 0 Å². The average Bonchev–Trinajstić information content (AvgIpc) is 1.82. The van der Waals surface area contributed by atoms with Gasteiger partial charge in [0.1, 0.15) is 0 Å². The Hall–Kier alpha value is 0.462. The Labute approximate surface area is 86.3 Å². The second-order valence-corrected chi connectivity index (χ2v) is 11.0. The molecule has 0 atom stereocenters. The number of allylic oxidation sites excluding steroid dienone is 1. The minimum absolute atomic E-state index is 0.337. The van der Waals surface area contributed by atoms with E-state index in [2.05, 4.69) is 60.9 Å². The van der Waals surface area contributed by atoms with Gasteiger partial charge >= 0.3 is 5.67 Å². The number of rotatable bonds is 4. The van der Waals surface area contributed by atoms with E-state index in [-0.39, 0.29) is 0 Å². The summed E-state index contributed by atoms with van der Waals surface area (Å²) in [4.78, 5) is 2.14. The molecule has 0 unspecified atom stereocenters. The molecular weight excluding hydrogens is 229 g/mol. The van der Waals surface area contributed by atoms with Gasteiger partial charge in [0, 0.05) is 8.07 Å². The molecule has 0 radical (unpaired) electrons. The van der Waals surface area contributed by atoms with Crippen LogP contribution in [0.5, 0.6) is 0 Å². The van der Waals surface area contributed by atoms with Gasteiger partial charge in [-0.05, 0) is 20.1 Å². The van der Waals surface area contributed by atoms with Crippen LogP contribution < -0.4 is 0 Å². The van der Waals surface area contributed by atoms with Gasteiger partial charge in [0.25, 0.3) is 0 Å². The van der Waals surface area contributed by atoms with E-state index in [1.807, 2.05) is 0 Å². The lowest BCUT2D eigenvalue weighted by Gasteiger charge is -2.22. The molecule has 4 heteroatoms. The SMILES string of the molecule is C=C(C[Si](C)(C)C)B(Br)N(C)C. The molecule has 0 aromatic heterocycles. The van der Waals surface area contributed by atoms with E-state index in [9.17, 15) is 0 Å². The van der Waals surface area contributed by atoms with Gasteiger partial charge in [0.2, 0.25) is 0 Å². The maximum Gasteiger partial charge on any atom is 0.330 e. The first-order chi connectivity index (χ1) is 5.24. The van der Waals surface area contributed by atoms with E-state index in [1.165, 1.54) is 11.5 Å². The molecule has 0 saturated heterocycles. The summed E-state index contributed by atoms with van der Waals surface area (Å²) in [5.41, 5.74) is 1.64. The molecule has 0 rings (SSSR count). The van der Waals surface area contributed by atoms with Crippen molar-refractivity contribution >= 4 is 29.5 Å². The van der Waals surface area contributed by atoms with Crippen molar-refractivity contribution in [2.45, 2.75) is 25.7 Å². The van der Waals surface area contributed by atoms with Gasteiger partial charge in [0.05, 0.1) is 0 Å². The summed E-state index contributed by atoms with van der Waals surface area (Å²) in [6.07, 6.45) is 0. The Morgan fingerprint density at radius 1 is 1.42 bits per heavy atom. The molecule has 0 heterocycles. The fraction of sp³-hybridized carbons (Fsp3) is 0.750. The van der Waals surface area contributed by atoms with Crippen LogP contribution in [0.15, 0.2) is 12.1 Å². The Morgan fingerprint density at radius 2 is 1.83 bits per heavy atom. The zero-order chi connectivity index (χ0) is 9.94. The number of hydrogen-bond acceptors (Lipinski definition) is 1. The largest absolute Gasteiger partial charge is 0.334 e. The van der Waals surface area contributed by atoms with Gasteiger partial charge in [-0.3, -0.25) is 0 Å². The third kappa shape index (κ3) is 5.17. The zero-order valence-corrected chi connectivity index (χ0v) is 11.4. The van der Waals surface area contributed by atoms with Gasteiger partial charge in [-0.1, -0.05) is 25.1 Å². The molecule has 0 N–H and O–H groups in total. The molecule has 0 spiro atoms. The first-order valence-electron chi connectivity index (χ1n) is 4.22. The van der Waals surface area contributed by atoms with Crippen molar-refractivity contribution in [1.82, 2.24) is 4.81 Å². The highest BCUT2D eigenvalue weighted by atomic mass is 79.9. The maximum absolute atomic E-state index is 4.11. The van der Waals surface area contributed by atoms with Crippen molar-refractivity contribution in [2.75, 3.05) is 14.1 Å². The Bertz CT molecular complexity index is 165. The summed E-state index contributed by atoms with van der Waals surface area (Å²) in [5, 5.41) is 0. The molecule has 0 bridgehead atoms. The summed E-state index contributed by atoms with van der Waals surface area (Å²) in [7, 11) is 3.14. The number of nitrogens with zero attached hydrogens (tertiary/aromatic N) is 1. The third-order valence-electron chi connectivity index (χ3n) is 1.55. The van der Waals surface area contributed by atoms with Crippen LogP contribution in [0.4, 0.5) is 0 Å². The van der Waals surface area contributed by atoms with E-state index < -0.39 is 8.07 Å². The summed E-state index contributed by atoms with van der Waals surface area (Å²) in [6.45, 7) is 11.2. The number of halogens is 1. The van der Waals surface area contributed by atoms with Crippen LogP contribution in [0, 0.1) is 0 Å². The highest BCUT2D eigenvalue weighted by Gasteiger charge is 2.22. The van der Waals surface area contributed by atoms with Crippen molar-refractivity contribution in [3.63, 3.8) is 0 Å². The summed E-state index contributed by atoms with van der Waals surface area (Å²) >= 11 is 3.61. The Morgan fingerprint density at radius 3 is 2.08 bits per heavy atom. The molecule has 0 aromatic rings. The predicted octanol–water partition coefficient (Wildman–Crippen LogP) is 2.86. The molecular formula is C8H19BBrNSi. The van der Waals surface area contributed by atoms with E-state index in [4.69, 9.17) is 0 Å². The minimum atomic E-state index is -0.985. The van der Waals surface area contributed by atoms with E-state index in [0.29, 0.717) is 5.67 Å². The van der Waals surface area contributed by atoms with Crippen molar-refractivity contribution in [2.24, 2.45) is 0 Å². The first kappa shape index (κ1) is 12.5. The standard InChI is InChI=1S/C8H19BBrNSi/c1-8(7-12(4,5)6)9(10)11(2)3/h1,7H2,2-6H3. The van der Waals surface area contributed by atoms with Crippen molar-refractivity contribution in [3.8, 4) is 0 Å². The van der Waals surface area contributed by atoms with Gasteiger partial charge in [-0.2, -0.15) is 0 Å². The third-order valence-corrected chi connectivity index (χ3v) is 4.53. The van der Waals surface area contributed by atoms with Crippen LogP contribution in [-0.2, 0) is 0 Å². The lowest BCUT2D eigenvalue weighted by Crippen LogP contribution is -2.32. The van der Waals surface area contributed by atoms with Crippen LogP contribution in [0.2, 0.25) is 25.7 Å². The minimum Gasteiger partial charge on any atom is -0.334 e. The van der Waals surface area contributed by atoms with Crippen molar-refractivity contribution in [1.29, 1.82) is 0 Å². The van der Waals surface area contributed by atoms with Crippen LogP contribution in [-0.4, -0.2) is 32.7 Å². The van der Waals surface area contributed by atoms with E-state index in [0.717, 1.165) is 0 Å². The zero-order valence-electron chi connectivity index (χ0n) is 8.82. The summed E-state index contributed by atoms with van der Waals surface area (Å²) < 4.78 is 0. The van der Waals surface area contributed by atoms with E-state index >= 15 is 0 Å². The van der Waals surface area contributed by atoms with Crippen LogP contribution in [0.25, 0.3) is 0 Å². The second-order valence-electron chi connectivity index (χ2n) is 4.70. The van der Waals surface area contributed by atoms with Gasteiger partial charge in [-0.15, -0.1) is 22.3 Å². The normalized spacial score (nSPS) is 11.9. The molecule has 0 aromatic carbocycles. The first-order valence-corrected chi connectivity index (χ1v) is 8.84. The molecule has 0 amide bonds. The molecule has 0 aliphatic rings. The average molecular weight is 248 g/mol. The molecule has 0 aliphatic carbocycles. The molecule has 12 heavy (non-hydrogen) atoms. The lowest BCUT2D eigenvalue weighted by molar-refractivity contribution is 0.661. The summed E-state index contributed by atoms with van der Waals surface area (Å²) in [6, 6.07) is 1.20. The molecule has 70 valence electrons. The molecule has 0 fully saturated rings. The van der Waals surface area contributed by atoms with Gasteiger partial charge in [-0.25, -0.2) is 0 Å². The molecule has 0 aliphatic heterocycles. The van der Waals surface area contributed by atoms with Crippen molar-refractivity contribution in [3.05, 3.63) is 12.1 Å². The molecule has 0 saturated carbocycles. The highest BCUT2D eigenvalue weighted by molar-refractivity contribution is 9.24. The van der Waals surface area contributed by atoms with Crippen LogP contribution >= 0.6 is 15.8 Å². The maximum atomic E-state index is 4.11. The molecule has 1 nitrogen and oxygen atoms in total. The fourth-order valence-electron chi connectivity index (χ4n) is 1.13.